The number of anilines is 1. The van der Waals surface area contributed by atoms with Gasteiger partial charge in [-0.3, -0.25) is 4.79 Å². The summed E-state index contributed by atoms with van der Waals surface area (Å²) in [6.45, 7) is 4.29. The summed E-state index contributed by atoms with van der Waals surface area (Å²) in [6, 6.07) is 26.3. The fourth-order valence-corrected chi connectivity index (χ4v) is 5.45. The van der Waals surface area contributed by atoms with Gasteiger partial charge in [0.25, 0.3) is 5.91 Å². The number of hydrogen-bond donors (Lipinski definition) is 1. The second-order valence-corrected chi connectivity index (χ2v) is 11.1. The second-order valence-electron chi connectivity index (χ2n) is 9.19. The molecule has 0 aliphatic heterocycles. The third kappa shape index (κ3) is 6.00. The molecule has 8 nitrogen and oxygen atoms in total. The van der Waals surface area contributed by atoms with E-state index in [4.69, 9.17) is 8.94 Å². The van der Waals surface area contributed by atoms with Gasteiger partial charge >= 0.3 is 0 Å². The Bertz CT molecular complexity index is 1680. The van der Waals surface area contributed by atoms with Crippen molar-refractivity contribution < 1.29 is 22.2 Å². The number of furan rings is 1. The van der Waals surface area contributed by atoms with Crippen molar-refractivity contribution in [3.63, 3.8) is 0 Å². The molecule has 2 aromatic heterocycles. The molecule has 5 aromatic rings. The maximum atomic E-state index is 13.6. The summed E-state index contributed by atoms with van der Waals surface area (Å²) >= 11 is 0. The zero-order chi connectivity index (χ0) is 27.4. The number of aromatic nitrogens is 1. The standard InChI is InChI=1S/C30H27N3O5S/c1-21-10-11-24(17-22(21)2)29-18-28(32-38-29)30(34)31-25-12-14-27(15-13-25)39(35,36)33(20-26-9-6-16-37-26)19-23-7-4-3-5-8-23/h3-18H,19-20H2,1-2H3,(H,31,34). The number of benzene rings is 3. The van der Waals surface area contributed by atoms with Crippen molar-refractivity contribution >= 4 is 21.6 Å². The Morgan fingerprint density at radius 1 is 0.872 bits per heavy atom. The largest absolute Gasteiger partial charge is 0.468 e. The van der Waals surface area contributed by atoms with Gasteiger partial charge in [-0.15, -0.1) is 0 Å². The van der Waals surface area contributed by atoms with E-state index in [9.17, 15) is 13.2 Å². The Hall–Kier alpha value is -4.47. The zero-order valence-corrected chi connectivity index (χ0v) is 22.3. The summed E-state index contributed by atoms with van der Waals surface area (Å²) in [5.41, 5.74) is 4.49. The van der Waals surface area contributed by atoms with Gasteiger partial charge in [-0.05, 0) is 73.0 Å². The van der Waals surface area contributed by atoms with Crippen LogP contribution >= 0.6 is 0 Å². The highest BCUT2D eigenvalue weighted by molar-refractivity contribution is 7.89. The van der Waals surface area contributed by atoms with Crippen molar-refractivity contribution in [2.75, 3.05) is 5.32 Å². The first-order valence-electron chi connectivity index (χ1n) is 12.3. The lowest BCUT2D eigenvalue weighted by molar-refractivity contribution is 0.101. The molecule has 1 N–H and O–H groups in total. The number of aryl methyl sites for hydroxylation is 2. The predicted octanol–water partition coefficient (Wildman–Crippen LogP) is 6.19. The van der Waals surface area contributed by atoms with Crippen molar-refractivity contribution in [2.24, 2.45) is 0 Å². The summed E-state index contributed by atoms with van der Waals surface area (Å²) in [6.07, 6.45) is 1.51. The summed E-state index contributed by atoms with van der Waals surface area (Å²) in [4.78, 5) is 12.9. The molecular formula is C30H27N3O5S. The summed E-state index contributed by atoms with van der Waals surface area (Å²) in [5, 5.41) is 6.64. The normalized spacial score (nSPS) is 11.6. The van der Waals surface area contributed by atoms with Crippen molar-refractivity contribution in [3.05, 3.63) is 125 Å². The highest BCUT2D eigenvalue weighted by atomic mass is 32.2. The Morgan fingerprint density at radius 3 is 2.33 bits per heavy atom. The van der Waals surface area contributed by atoms with Gasteiger partial charge in [-0.25, -0.2) is 8.42 Å². The van der Waals surface area contributed by atoms with Crippen LogP contribution in [0.25, 0.3) is 11.3 Å². The molecule has 3 aromatic carbocycles. The smallest absolute Gasteiger partial charge is 0.277 e. The molecule has 39 heavy (non-hydrogen) atoms. The van der Waals surface area contributed by atoms with Gasteiger partial charge < -0.3 is 14.3 Å². The predicted molar refractivity (Wildman–Crippen MR) is 147 cm³/mol. The molecule has 9 heteroatoms. The highest BCUT2D eigenvalue weighted by Crippen LogP contribution is 2.25. The van der Waals surface area contributed by atoms with Crippen LogP contribution in [0.5, 0.6) is 0 Å². The lowest BCUT2D eigenvalue weighted by atomic mass is 10.0. The maximum absolute atomic E-state index is 13.6. The van der Waals surface area contributed by atoms with E-state index in [1.807, 2.05) is 62.4 Å². The minimum absolute atomic E-state index is 0.0811. The summed E-state index contributed by atoms with van der Waals surface area (Å²) in [7, 11) is -3.87. The van der Waals surface area contributed by atoms with Crippen molar-refractivity contribution in [3.8, 4) is 11.3 Å². The van der Waals surface area contributed by atoms with Crippen LogP contribution in [-0.4, -0.2) is 23.8 Å². The molecule has 1 amide bonds. The van der Waals surface area contributed by atoms with E-state index < -0.39 is 15.9 Å². The van der Waals surface area contributed by atoms with Crippen LogP contribution in [0.4, 0.5) is 5.69 Å². The van der Waals surface area contributed by atoms with E-state index in [0.29, 0.717) is 17.2 Å². The summed E-state index contributed by atoms with van der Waals surface area (Å²) < 4.78 is 39.3. The number of rotatable bonds is 9. The highest BCUT2D eigenvalue weighted by Gasteiger charge is 2.26. The number of hydrogen-bond acceptors (Lipinski definition) is 6. The first kappa shape index (κ1) is 26.1. The molecule has 0 radical (unpaired) electrons. The van der Waals surface area contributed by atoms with Gasteiger partial charge in [0.1, 0.15) is 5.76 Å². The van der Waals surface area contributed by atoms with E-state index in [0.717, 1.165) is 22.3 Å². The number of nitrogens with one attached hydrogen (secondary N) is 1. The maximum Gasteiger partial charge on any atom is 0.277 e. The lowest BCUT2D eigenvalue weighted by Crippen LogP contribution is -2.30. The first-order valence-corrected chi connectivity index (χ1v) is 13.8. The molecule has 0 aliphatic rings. The molecule has 0 fully saturated rings. The Morgan fingerprint density at radius 2 is 1.64 bits per heavy atom. The molecule has 0 saturated heterocycles. The molecule has 5 rings (SSSR count). The van der Waals surface area contributed by atoms with Gasteiger partial charge in [-0.2, -0.15) is 4.31 Å². The molecular weight excluding hydrogens is 514 g/mol. The quantitative estimate of drug-likeness (QED) is 0.238. The molecule has 0 aliphatic carbocycles. The van der Waals surface area contributed by atoms with Crippen molar-refractivity contribution in [2.45, 2.75) is 31.8 Å². The number of carbonyl (C=O) groups excluding carboxylic acids is 1. The average Bonchev–Trinajstić information content (AvgIpc) is 3.64. The minimum Gasteiger partial charge on any atom is -0.468 e. The van der Waals surface area contributed by atoms with Crippen molar-refractivity contribution in [1.82, 2.24) is 9.46 Å². The van der Waals surface area contributed by atoms with Crippen LogP contribution in [0.2, 0.25) is 0 Å². The van der Waals surface area contributed by atoms with Gasteiger partial charge in [0.15, 0.2) is 11.5 Å². The Balaban J connectivity index is 1.31. The first-order chi connectivity index (χ1) is 18.8. The number of carbonyl (C=O) groups is 1. The van der Waals surface area contributed by atoms with Crippen LogP contribution in [0, 0.1) is 13.8 Å². The van der Waals surface area contributed by atoms with Gasteiger partial charge in [0.05, 0.1) is 17.7 Å². The molecule has 0 bridgehead atoms. The third-order valence-electron chi connectivity index (χ3n) is 6.40. The third-order valence-corrected chi connectivity index (χ3v) is 8.20. The van der Waals surface area contributed by atoms with E-state index in [1.54, 1.807) is 30.3 Å². The van der Waals surface area contributed by atoms with Gasteiger partial charge in [0.2, 0.25) is 10.0 Å². The molecule has 0 unspecified atom stereocenters. The van der Waals surface area contributed by atoms with E-state index >= 15 is 0 Å². The zero-order valence-electron chi connectivity index (χ0n) is 21.5. The number of sulfonamides is 1. The fourth-order valence-electron chi connectivity index (χ4n) is 4.06. The molecule has 0 atom stereocenters. The topological polar surface area (TPSA) is 106 Å². The SMILES string of the molecule is Cc1ccc(-c2cc(C(=O)Nc3ccc(S(=O)(=O)N(Cc4ccccc4)Cc4ccco4)cc3)no2)cc1C. The van der Waals surface area contributed by atoms with Gasteiger partial charge in [0, 0.05) is 23.9 Å². The average molecular weight is 542 g/mol. The Labute approximate surface area is 226 Å². The van der Waals surface area contributed by atoms with E-state index in [1.165, 1.54) is 22.7 Å². The van der Waals surface area contributed by atoms with Gasteiger partial charge in [-0.1, -0.05) is 47.6 Å². The number of nitrogens with zero attached hydrogens (tertiary/aromatic N) is 2. The van der Waals surface area contributed by atoms with Crippen LogP contribution < -0.4 is 5.32 Å². The number of amides is 1. The van der Waals surface area contributed by atoms with Crippen molar-refractivity contribution in [1.29, 1.82) is 0 Å². The van der Waals surface area contributed by atoms with E-state index in [-0.39, 0.29) is 23.7 Å². The van der Waals surface area contributed by atoms with Crippen LogP contribution in [0.3, 0.4) is 0 Å². The Kier molecular flexibility index (Phi) is 7.44. The molecule has 0 saturated carbocycles. The molecule has 2 heterocycles. The fraction of sp³-hybridized carbons (Fsp3) is 0.133. The minimum atomic E-state index is -3.87. The lowest BCUT2D eigenvalue weighted by Gasteiger charge is -2.21. The van der Waals surface area contributed by atoms with Crippen LogP contribution in [-0.2, 0) is 23.1 Å². The second kappa shape index (κ2) is 11.1. The van der Waals surface area contributed by atoms with E-state index in [2.05, 4.69) is 10.5 Å². The summed E-state index contributed by atoms with van der Waals surface area (Å²) in [5.74, 6) is 0.555. The van der Waals surface area contributed by atoms with Crippen LogP contribution in [0.1, 0.15) is 32.9 Å². The molecule has 0 spiro atoms. The molecule has 198 valence electrons. The monoisotopic (exact) mass is 541 g/mol. The van der Waals surface area contributed by atoms with Crippen LogP contribution in [0.15, 0.2) is 111 Å².